The third-order valence-electron chi connectivity index (χ3n) is 5.21. The largest absolute Gasteiger partial charge is 0.492 e. The molecule has 28 heavy (non-hydrogen) atoms. The summed E-state index contributed by atoms with van der Waals surface area (Å²) >= 11 is 5.52. The zero-order chi connectivity index (χ0) is 19.7. The van der Waals surface area contributed by atoms with Crippen LogP contribution in [0.15, 0.2) is 46.0 Å². The van der Waals surface area contributed by atoms with Gasteiger partial charge < -0.3 is 14.4 Å². The SMILES string of the molecule is CCOc1cc([C@@H]2[C@@H](c3ccccn3)N=C3SC[C@H](CC)N32)cc(Br)c1OC. The number of amidine groups is 1. The number of fused-ring (bicyclic) bond motifs is 1. The number of hydrogen-bond donors (Lipinski definition) is 0. The molecule has 2 aliphatic rings. The van der Waals surface area contributed by atoms with Gasteiger partial charge >= 0.3 is 0 Å². The number of ether oxygens (including phenoxy) is 2. The summed E-state index contributed by atoms with van der Waals surface area (Å²) in [5.41, 5.74) is 2.15. The van der Waals surface area contributed by atoms with E-state index < -0.39 is 0 Å². The van der Waals surface area contributed by atoms with Crippen molar-refractivity contribution >= 4 is 32.9 Å². The molecular weight excluding hydrogens is 438 g/mol. The van der Waals surface area contributed by atoms with Crippen molar-refractivity contribution in [2.45, 2.75) is 38.4 Å². The average Bonchev–Trinajstić information content (AvgIpc) is 3.27. The number of pyridine rings is 1. The molecule has 1 fully saturated rings. The van der Waals surface area contributed by atoms with Crippen molar-refractivity contribution in [2.75, 3.05) is 19.5 Å². The minimum absolute atomic E-state index is 0.0344. The van der Waals surface area contributed by atoms with E-state index in [0.29, 0.717) is 12.6 Å². The van der Waals surface area contributed by atoms with E-state index in [1.807, 2.05) is 37.0 Å². The number of aromatic nitrogens is 1. The van der Waals surface area contributed by atoms with Crippen LogP contribution in [-0.4, -0.2) is 40.6 Å². The molecule has 2 aromatic rings. The van der Waals surface area contributed by atoms with Crippen LogP contribution in [0, 0.1) is 0 Å². The summed E-state index contributed by atoms with van der Waals surface area (Å²) in [4.78, 5) is 12.2. The third kappa shape index (κ3) is 3.39. The average molecular weight is 462 g/mol. The standard InChI is InChI=1S/C21H24BrN3O2S/c1-4-14-12-28-21-24-18(16-8-6-7-9-23-16)19(25(14)21)13-10-15(22)20(26-3)17(11-13)27-5-2/h6-11,14,18-19H,4-5,12H2,1-3H3/t14-,18+,19+/m0/s1. The van der Waals surface area contributed by atoms with E-state index >= 15 is 0 Å². The molecule has 3 atom stereocenters. The highest BCUT2D eigenvalue weighted by molar-refractivity contribution is 9.10. The number of aliphatic imine (C=N–C) groups is 1. The second kappa shape index (κ2) is 8.33. The molecule has 0 amide bonds. The second-order valence-corrected chi connectivity index (χ2v) is 8.64. The van der Waals surface area contributed by atoms with Gasteiger partial charge in [0.05, 0.1) is 29.9 Å². The highest BCUT2D eigenvalue weighted by Gasteiger charge is 2.45. The Hall–Kier alpha value is -1.73. The summed E-state index contributed by atoms with van der Waals surface area (Å²) < 4.78 is 12.3. The lowest BCUT2D eigenvalue weighted by molar-refractivity contribution is 0.253. The summed E-state index contributed by atoms with van der Waals surface area (Å²) in [6.07, 6.45) is 2.93. The highest BCUT2D eigenvalue weighted by atomic mass is 79.9. The summed E-state index contributed by atoms with van der Waals surface area (Å²) in [5.74, 6) is 2.56. The van der Waals surface area contributed by atoms with Crippen LogP contribution in [0.5, 0.6) is 11.5 Å². The van der Waals surface area contributed by atoms with Crippen LogP contribution in [0.1, 0.15) is 43.6 Å². The zero-order valence-electron chi connectivity index (χ0n) is 16.3. The molecule has 1 aromatic heterocycles. The molecule has 0 N–H and O–H groups in total. The lowest BCUT2D eigenvalue weighted by atomic mass is 9.95. The molecule has 0 saturated carbocycles. The van der Waals surface area contributed by atoms with E-state index in [-0.39, 0.29) is 12.1 Å². The van der Waals surface area contributed by atoms with Gasteiger partial charge in [0, 0.05) is 18.0 Å². The molecule has 0 radical (unpaired) electrons. The summed E-state index contributed by atoms with van der Waals surface area (Å²) in [6, 6.07) is 10.8. The Labute approximate surface area is 178 Å². The number of thioether (sulfide) groups is 1. The molecule has 0 spiro atoms. The number of hydrogen-bond acceptors (Lipinski definition) is 6. The van der Waals surface area contributed by atoms with Crippen molar-refractivity contribution in [1.29, 1.82) is 0 Å². The quantitative estimate of drug-likeness (QED) is 0.588. The first-order chi connectivity index (χ1) is 13.7. The normalized spacial score (nSPS) is 23.5. The monoisotopic (exact) mass is 461 g/mol. The number of nitrogens with zero attached hydrogens (tertiary/aromatic N) is 3. The van der Waals surface area contributed by atoms with Gasteiger partial charge in [0.1, 0.15) is 6.04 Å². The zero-order valence-corrected chi connectivity index (χ0v) is 18.7. The van der Waals surface area contributed by atoms with Gasteiger partial charge in [0.15, 0.2) is 16.7 Å². The van der Waals surface area contributed by atoms with Crippen LogP contribution in [-0.2, 0) is 0 Å². The number of rotatable bonds is 6. The van der Waals surface area contributed by atoms with E-state index in [1.54, 1.807) is 7.11 Å². The Bertz CT molecular complexity index is 877. The molecule has 0 unspecified atom stereocenters. The maximum atomic E-state index is 5.88. The van der Waals surface area contributed by atoms with Crippen molar-refractivity contribution in [2.24, 2.45) is 4.99 Å². The first-order valence-corrected chi connectivity index (χ1v) is 11.4. The lowest BCUT2D eigenvalue weighted by Crippen LogP contribution is -2.35. The van der Waals surface area contributed by atoms with Crippen LogP contribution in [0.4, 0.5) is 0 Å². The van der Waals surface area contributed by atoms with Crippen LogP contribution in [0.2, 0.25) is 0 Å². The number of halogens is 1. The Morgan fingerprint density at radius 1 is 1.29 bits per heavy atom. The fourth-order valence-electron chi connectivity index (χ4n) is 3.93. The van der Waals surface area contributed by atoms with Gasteiger partial charge in [0.25, 0.3) is 0 Å². The van der Waals surface area contributed by atoms with Crippen molar-refractivity contribution in [3.8, 4) is 11.5 Å². The lowest BCUT2D eigenvalue weighted by Gasteiger charge is -2.32. The summed E-state index contributed by atoms with van der Waals surface area (Å²) in [6.45, 7) is 4.81. The maximum absolute atomic E-state index is 5.88. The predicted molar refractivity (Wildman–Crippen MR) is 117 cm³/mol. The van der Waals surface area contributed by atoms with Crippen molar-refractivity contribution in [3.63, 3.8) is 0 Å². The van der Waals surface area contributed by atoms with Crippen LogP contribution in [0.25, 0.3) is 0 Å². The molecule has 2 aliphatic heterocycles. The highest BCUT2D eigenvalue weighted by Crippen LogP contribution is 2.50. The summed E-state index contributed by atoms with van der Waals surface area (Å²) in [5, 5.41) is 1.12. The molecule has 0 aliphatic carbocycles. The Morgan fingerprint density at radius 2 is 2.14 bits per heavy atom. The molecule has 1 aromatic carbocycles. The third-order valence-corrected chi connectivity index (χ3v) is 6.92. The minimum atomic E-state index is -0.0344. The fourth-order valence-corrected chi connectivity index (χ4v) is 5.89. The maximum Gasteiger partial charge on any atom is 0.174 e. The summed E-state index contributed by atoms with van der Waals surface area (Å²) in [7, 11) is 1.67. The molecule has 4 rings (SSSR count). The van der Waals surface area contributed by atoms with E-state index in [9.17, 15) is 0 Å². The first kappa shape index (κ1) is 19.6. The Balaban J connectivity index is 1.82. The molecule has 3 heterocycles. The molecule has 7 heteroatoms. The molecule has 148 valence electrons. The van der Waals surface area contributed by atoms with E-state index in [2.05, 4.69) is 50.9 Å². The Kier molecular flexibility index (Phi) is 5.83. The van der Waals surface area contributed by atoms with Gasteiger partial charge in [-0.1, -0.05) is 24.8 Å². The van der Waals surface area contributed by atoms with E-state index in [1.165, 1.54) is 0 Å². The van der Waals surface area contributed by atoms with E-state index in [4.69, 9.17) is 14.5 Å². The van der Waals surface area contributed by atoms with Crippen molar-refractivity contribution in [3.05, 3.63) is 52.3 Å². The Morgan fingerprint density at radius 3 is 2.82 bits per heavy atom. The molecule has 1 saturated heterocycles. The van der Waals surface area contributed by atoms with Gasteiger partial charge in [-0.05, 0) is 59.1 Å². The van der Waals surface area contributed by atoms with E-state index in [0.717, 1.165) is 44.6 Å². The van der Waals surface area contributed by atoms with Gasteiger partial charge in [-0.25, -0.2) is 0 Å². The topological polar surface area (TPSA) is 47.0 Å². The van der Waals surface area contributed by atoms with Crippen molar-refractivity contribution in [1.82, 2.24) is 9.88 Å². The molecule has 0 bridgehead atoms. The fraction of sp³-hybridized carbons (Fsp3) is 0.429. The van der Waals surface area contributed by atoms with Crippen LogP contribution in [0.3, 0.4) is 0 Å². The second-order valence-electron chi connectivity index (χ2n) is 6.80. The van der Waals surface area contributed by atoms with Gasteiger partial charge in [-0.2, -0.15) is 0 Å². The minimum Gasteiger partial charge on any atom is -0.492 e. The molecular formula is C21H24BrN3O2S. The molecule has 5 nitrogen and oxygen atoms in total. The number of benzene rings is 1. The van der Waals surface area contributed by atoms with Crippen molar-refractivity contribution < 1.29 is 9.47 Å². The van der Waals surface area contributed by atoms with Gasteiger partial charge in [-0.3, -0.25) is 9.98 Å². The first-order valence-electron chi connectivity index (χ1n) is 9.58. The van der Waals surface area contributed by atoms with Gasteiger partial charge in [-0.15, -0.1) is 0 Å². The number of methoxy groups -OCH3 is 1. The smallest absolute Gasteiger partial charge is 0.174 e. The van der Waals surface area contributed by atoms with Crippen LogP contribution >= 0.6 is 27.7 Å². The van der Waals surface area contributed by atoms with Crippen LogP contribution < -0.4 is 9.47 Å². The van der Waals surface area contributed by atoms with Gasteiger partial charge in [0.2, 0.25) is 0 Å². The predicted octanol–water partition coefficient (Wildman–Crippen LogP) is 5.23.